The number of pyridine rings is 1. The number of rotatable bonds is 6. The number of hydrogen-bond donors (Lipinski definition) is 2. The summed E-state index contributed by atoms with van der Waals surface area (Å²) in [5.74, 6) is 0.942. The summed E-state index contributed by atoms with van der Waals surface area (Å²) in [4.78, 5) is 30.3. The van der Waals surface area contributed by atoms with Crippen LogP contribution < -0.4 is 22.3 Å². The van der Waals surface area contributed by atoms with Gasteiger partial charge in [-0.2, -0.15) is 0 Å². The lowest BCUT2D eigenvalue weighted by Crippen LogP contribution is -2.38. The Bertz CT molecular complexity index is 1230. The van der Waals surface area contributed by atoms with Gasteiger partial charge in [0.2, 0.25) is 0 Å². The Balaban J connectivity index is 2.49. The SMILES string of the molecule is CCC(C)CNc1nc2c(c(-c3ccc(Cl)cc3Cl)c1CN)c(=O)n(C)c(=O)n2C. The van der Waals surface area contributed by atoms with E-state index in [1.54, 1.807) is 25.2 Å². The van der Waals surface area contributed by atoms with Crippen LogP contribution in [0.25, 0.3) is 22.2 Å². The smallest absolute Gasteiger partial charge is 0.332 e. The molecule has 0 fully saturated rings. The summed E-state index contributed by atoms with van der Waals surface area (Å²) in [6, 6.07) is 5.07. The molecule has 2 aromatic heterocycles. The van der Waals surface area contributed by atoms with Crippen LogP contribution in [-0.2, 0) is 20.6 Å². The fourth-order valence-electron chi connectivity index (χ4n) is 3.38. The molecule has 0 saturated heterocycles. The highest BCUT2D eigenvalue weighted by Gasteiger charge is 2.23. The number of benzene rings is 1. The minimum Gasteiger partial charge on any atom is -0.369 e. The molecule has 0 bridgehead atoms. The first-order valence-electron chi connectivity index (χ1n) is 9.73. The Morgan fingerprint density at radius 2 is 1.90 bits per heavy atom. The number of aromatic nitrogens is 3. The van der Waals surface area contributed by atoms with Gasteiger partial charge in [0, 0.05) is 53.9 Å². The molecule has 0 radical (unpaired) electrons. The molecule has 0 spiro atoms. The second-order valence-corrected chi connectivity index (χ2v) is 8.28. The summed E-state index contributed by atoms with van der Waals surface area (Å²) in [5.41, 5.74) is 7.32. The second kappa shape index (κ2) is 8.79. The fourth-order valence-corrected chi connectivity index (χ4v) is 3.88. The summed E-state index contributed by atoms with van der Waals surface area (Å²) < 4.78 is 2.42. The molecule has 2 heterocycles. The summed E-state index contributed by atoms with van der Waals surface area (Å²) in [6.07, 6.45) is 0.993. The maximum atomic E-state index is 13.1. The minimum absolute atomic E-state index is 0.131. The number of fused-ring (bicyclic) bond motifs is 1. The molecule has 1 atom stereocenters. The van der Waals surface area contributed by atoms with E-state index in [1.807, 2.05) is 0 Å². The van der Waals surface area contributed by atoms with Crippen LogP contribution >= 0.6 is 23.2 Å². The van der Waals surface area contributed by atoms with Gasteiger partial charge in [-0.05, 0) is 18.1 Å². The van der Waals surface area contributed by atoms with Gasteiger partial charge >= 0.3 is 5.69 Å². The molecule has 0 amide bonds. The zero-order chi connectivity index (χ0) is 22.2. The van der Waals surface area contributed by atoms with Gasteiger partial charge in [-0.25, -0.2) is 9.78 Å². The second-order valence-electron chi connectivity index (χ2n) is 7.44. The number of nitrogens with zero attached hydrogens (tertiary/aromatic N) is 3. The van der Waals surface area contributed by atoms with E-state index in [1.165, 1.54) is 11.6 Å². The van der Waals surface area contributed by atoms with Crippen LogP contribution in [0.4, 0.5) is 5.82 Å². The third-order valence-corrected chi connectivity index (χ3v) is 5.96. The Kier molecular flexibility index (Phi) is 6.55. The number of aryl methyl sites for hydroxylation is 1. The average molecular weight is 450 g/mol. The fraction of sp³-hybridized carbons (Fsp3) is 0.381. The van der Waals surface area contributed by atoms with Crippen molar-refractivity contribution in [1.29, 1.82) is 0 Å². The van der Waals surface area contributed by atoms with Crippen molar-refractivity contribution in [2.45, 2.75) is 26.8 Å². The van der Waals surface area contributed by atoms with Crippen LogP contribution in [0.5, 0.6) is 0 Å². The summed E-state index contributed by atoms with van der Waals surface area (Å²) >= 11 is 12.6. The first-order valence-corrected chi connectivity index (χ1v) is 10.5. The molecule has 0 saturated carbocycles. The molecule has 9 heteroatoms. The number of anilines is 1. The molecule has 3 N–H and O–H groups in total. The Labute approximate surface area is 184 Å². The number of halogens is 2. The largest absolute Gasteiger partial charge is 0.369 e. The van der Waals surface area contributed by atoms with E-state index in [2.05, 4.69) is 24.1 Å². The van der Waals surface area contributed by atoms with E-state index < -0.39 is 11.2 Å². The van der Waals surface area contributed by atoms with Crippen molar-refractivity contribution in [2.24, 2.45) is 25.7 Å². The first kappa shape index (κ1) is 22.3. The molecule has 3 rings (SSSR count). The normalized spacial score (nSPS) is 12.4. The van der Waals surface area contributed by atoms with E-state index >= 15 is 0 Å². The van der Waals surface area contributed by atoms with Gasteiger partial charge in [0.05, 0.1) is 5.39 Å². The lowest BCUT2D eigenvalue weighted by atomic mass is 9.96. The molecule has 0 aliphatic carbocycles. The van der Waals surface area contributed by atoms with Crippen molar-refractivity contribution in [3.63, 3.8) is 0 Å². The first-order chi connectivity index (χ1) is 14.2. The zero-order valence-electron chi connectivity index (χ0n) is 17.4. The van der Waals surface area contributed by atoms with Gasteiger partial charge in [0.25, 0.3) is 5.56 Å². The average Bonchev–Trinajstić information content (AvgIpc) is 2.73. The molecule has 0 aliphatic heterocycles. The summed E-state index contributed by atoms with van der Waals surface area (Å²) in [6.45, 7) is 5.04. The highest BCUT2D eigenvalue weighted by Crippen LogP contribution is 2.38. The predicted molar refractivity (Wildman–Crippen MR) is 124 cm³/mol. The maximum Gasteiger partial charge on any atom is 0.332 e. The predicted octanol–water partition coefficient (Wildman–Crippen LogP) is 3.52. The van der Waals surface area contributed by atoms with Crippen molar-refractivity contribution in [2.75, 3.05) is 11.9 Å². The van der Waals surface area contributed by atoms with Crippen LogP contribution in [0.3, 0.4) is 0 Å². The monoisotopic (exact) mass is 449 g/mol. The van der Waals surface area contributed by atoms with Crippen molar-refractivity contribution in [3.05, 3.63) is 54.6 Å². The summed E-state index contributed by atoms with van der Waals surface area (Å²) in [5, 5.41) is 4.50. The standard InChI is InChI=1S/C21H25Cl2N5O2/c1-5-11(2)10-25-18-14(9-24)16(13-7-6-12(22)8-15(13)23)17-19(26-18)27(3)21(30)28(4)20(17)29/h6-8,11H,5,9-10,24H2,1-4H3,(H,25,26). The Hall–Kier alpha value is -2.35. The molecule has 3 aromatic rings. The van der Waals surface area contributed by atoms with Gasteiger partial charge in [0.15, 0.2) is 5.65 Å². The minimum atomic E-state index is -0.457. The number of nitrogens with one attached hydrogen (secondary N) is 1. The Morgan fingerprint density at radius 3 is 2.50 bits per heavy atom. The van der Waals surface area contributed by atoms with Gasteiger partial charge in [-0.1, -0.05) is 49.5 Å². The van der Waals surface area contributed by atoms with E-state index in [0.717, 1.165) is 11.0 Å². The molecular formula is C21H25Cl2N5O2. The third kappa shape index (κ3) is 3.85. The number of hydrogen-bond acceptors (Lipinski definition) is 5. The number of nitrogens with two attached hydrogens (primary N) is 1. The molecule has 160 valence electrons. The molecule has 0 aliphatic rings. The lowest BCUT2D eigenvalue weighted by Gasteiger charge is -2.20. The third-order valence-electron chi connectivity index (χ3n) is 5.41. The topological polar surface area (TPSA) is 94.9 Å². The van der Waals surface area contributed by atoms with Crippen LogP contribution in [0.15, 0.2) is 27.8 Å². The van der Waals surface area contributed by atoms with Crippen LogP contribution in [-0.4, -0.2) is 20.7 Å². The van der Waals surface area contributed by atoms with E-state index in [4.69, 9.17) is 28.9 Å². The van der Waals surface area contributed by atoms with E-state index in [0.29, 0.717) is 50.4 Å². The quantitative estimate of drug-likeness (QED) is 0.599. The molecule has 30 heavy (non-hydrogen) atoms. The van der Waals surface area contributed by atoms with Crippen LogP contribution in [0.2, 0.25) is 10.0 Å². The summed E-state index contributed by atoms with van der Waals surface area (Å²) in [7, 11) is 3.03. The van der Waals surface area contributed by atoms with Gasteiger partial charge in [-0.15, -0.1) is 0 Å². The van der Waals surface area contributed by atoms with Crippen LogP contribution in [0.1, 0.15) is 25.8 Å². The van der Waals surface area contributed by atoms with Crippen molar-refractivity contribution in [1.82, 2.24) is 14.1 Å². The van der Waals surface area contributed by atoms with E-state index in [-0.39, 0.29) is 12.2 Å². The van der Waals surface area contributed by atoms with Crippen LogP contribution in [0, 0.1) is 5.92 Å². The van der Waals surface area contributed by atoms with Gasteiger partial charge in [0.1, 0.15) is 5.82 Å². The lowest BCUT2D eigenvalue weighted by molar-refractivity contribution is 0.592. The van der Waals surface area contributed by atoms with Crippen molar-refractivity contribution in [3.8, 4) is 11.1 Å². The highest BCUT2D eigenvalue weighted by atomic mass is 35.5. The van der Waals surface area contributed by atoms with Crippen molar-refractivity contribution >= 4 is 40.1 Å². The zero-order valence-corrected chi connectivity index (χ0v) is 18.9. The maximum absolute atomic E-state index is 13.1. The molecule has 1 unspecified atom stereocenters. The highest BCUT2D eigenvalue weighted by molar-refractivity contribution is 6.36. The Morgan fingerprint density at radius 1 is 1.20 bits per heavy atom. The van der Waals surface area contributed by atoms with E-state index in [9.17, 15) is 9.59 Å². The van der Waals surface area contributed by atoms with Gasteiger partial charge < -0.3 is 11.1 Å². The molecule has 7 nitrogen and oxygen atoms in total. The molecule has 1 aromatic carbocycles. The van der Waals surface area contributed by atoms with Crippen molar-refractivity contribution < 1.29 is 0 Å². The molecular weight excluding hydrogens is 425 g/mol. The van der Waals surface area contributed by atoms with Gasteiger partial charge in [-0.3, -0.25) is 13.9 Å².